The first-order valence-corrected chi connectivity index (χ1v) is 13.9. The van der Waals surface area contributed by atoms with E-state index < -0.39 is 13.6 Å². The molecule has 4 aromatic rings. The largest absolute Gasteiger partial charge is 0.481 e. The summed E-state index contributed by atoms with van der Waals surface area (Å²) in [6, 6.07) is 35.8. The molecule has 1 unspecified atom stereocenters. The maximum absolute atomic E-state index is 13.8. The number of rotatable bonds is 13. The van der Waals surface area contributed by atoms with E-state index >= 15 is 0 Å². The Balaban J connectivity index is 1.48. The summed E-state index contributed by atoms with van der Waals surface area (Å²) in [4.78, 5) is 11.3. The predicted molar refractivity (Wildman–Crippen MR) is 146 cm³/mol. The molecule has 190 valence electrons. The molecule has 0 aliphatic carbocycles. The highest BCUT2D eigenvalue weighted by Gasteiger charge is 2.29. The van der Waals surface area contributed by atoms with Gasteiger partial charge in [-0.1, -0.05) is 91.0 Å². The Bertz CT molecular complexity index is 1250. The van der Waals surface area contributed by atoms with E-state index in [4.69, 9.17) is 9.05 Å². The molecule has 0 aliphatic heterocycles. The van der Waals surface area contributed by atoms with Crippen molar-refractivity contribution in [2.45, 2.75) is 25.3 Å². The lowest BCUT2D eigenvalue weighted by Gasteiger charge is -2.24. The second-order valence-electron chi connectivity index (χ2n) is 8.68. The van der Waals surface area contributed by atoms with Gasteiger partial charge in [0, 0.05) is 12.5 Å². The molecule has 4 aromatic carbocycles. The Labute approximate surface area is 217 Å². The minimum absolute atomic E-state index is 0.0108. The SMILES string of the molecule is O=C(O)CCC(Cc1ccc(-c2ccccc2)cc1)NCP(=O)(Oc1ccccc1)Oc1ccccc1. The van der Waals surface area contributed by atoms with E-state index in [0.717, 1.165) is 16.7 Å². The number of aliphatic carboxylic acids is 1. The van der Waals surface area contributed by atoms with Gasteiger partial charge in [0.1, 0.15) is 17.8 Å². The maximum atomic E-state index is 13.8. The van der Waals surface area contributed by atoms with Crippen molar-refractivity contribution in [1.29, 1.82) is 0 Å². The standard InChI is InChI=1S/C30H30NO5P/c32-30(33)21-20-27(22-24-16-18-26(19-17-24)25-10-4-1-5-11-25)31-23-37(34,35-28-12-6-2-7-13-28)36-29-14-8-3-9-15-29/h1-19,27,31H,20-23H2,(H,32,33). The molecule has 0 fully saturated rings. The third-order valence-electron chi connectivity index (χ3n) is 5.80. The number of nitrogens with one attached hydrogen (secondary N) is 1. The Hall–Kier alpha value is -3.86. The van der Waals surface area contributed by atoms with E-state index in [0.29, 0.717) is 24.3 Å². The molecule has 0 saturated carbocycles. The summed E-state index contributed by atoms with van der Waals surface area (Å²) in [5.41, 5.74) is 3.29. The van der Waals surface area contributed by atoms with Gasteiger partial charge in [-0.2, -0.15) is 0 Å². The van der Waals surface area contributed by atoms with Gasteiger partial charge in [0.05, 0.1) is 0 Å². The average Bonchev–Trinajstić information content (AvgIpc) is 2.92. The lowest BCUT2D eigenvalue weighted by atomic mass is 9.99. The van der Waals surface area contributed by atoms with Crippen LogP contribution in [-0.4, -0.2) is 23.4 Å². The van der Waals surface area contributed by atoms with Crippen LogP contribution in [0.4, 0.5) is 0 Å². The normalized spacial score (nSPS) is 12.0. The highest BCUT2D eigenvalue weighted by molar-refractivity contribution is 7.54. The van der Waals surface area contributed by atoms with E-state index in [2.05, 4.69) is 29.6 Å². The third-order valence-corrected chi connectivity index (χ3v) is 7.35. The van der Waals surface area contributed by atoms with Crippen molar-refractivity contribution in [3.05, 3.63) is 121 Å². The van der Waals surface area contributed by atoms with Gasteiger partial charge in [0.15, 0.2) is 0 Å². The Morgan fingerprint density at radius 1 is 0.730 bits per heavy atom. The minimum atomic E-state index is -3.68. The molecule has 0 saturated heterocycles. The number of carbonyl (C=O) groups is 1. The molecule has 0 aliphatic rings. The molecule has 0 aromatic heterocycles. The zero-order valence-electron chi connectivity index (χ0n) is 20.4. The Morgan fingerprint density at radius 3 is 1.73 bits per heavy atom. The quantitative estimate of drug-likeness (QED) is 0.186. The van der Waals surface area contributed by atoms with Crippen LogP contribution in [0.25, 0.3) is 11.1 Å². The molecule has 0 amide bonds. The van der Waals surface area contributed by atoms with Gasteiger partial charge in [-0.05, 0) is 53.8 Å². The number of hydrogen-bond acceptors (Lipinski definition) is 5. The molecule has 0 bridgehead atoms. The highest BCUT2D eigenvalue weighted by Crippen LogP contribution is 2.47. The molecule has 0 heterocycles. The summed E-state index contributed by atoms with van der Waals surface area (Å²) in [6.07, 6.45) is 0.845. The van der Waals surface area contributed by atoms with Crippen LogP contribution >= 0.6 is 7.60 Å². The number of carboxylic acids is 1. The van der Waals surface area contributed by atoms with Crippen LogP contribution < -0.4 is 14.4 Å². The summed E-state index contributed by atoms with van der Waals surface area (Å²) in [5.74, 6) is -0.0141. The molecule has 0 radical (unpaired) electrons. The van der Waals surface area contributed by atoms with E-state index in [1.54, 1.807) is 48.5 Å². The Morgan fingerprint density at radius 2 is 1.22 bits per heavy atom. The van der Waals surface area contributed by atoms with Gasteiger partial charge in [-0.15, -0.1) is 0 Å². The summed E-state index contributed by atoms with van der Waals surface area (Å²) >= 11 is 0. The first kappa shape index (κ1) is 26.2. The van der Waals surface area contributed by atoms with Gasteiger partial charge in [-0.3, -0.25) is 4.79 Å². The van der Waals surface area contributed by atoms with Crippen molar-refractivity contribution in [3.8, 4) is 22.6 Å². The molecule has 2 N–H and O–H groups in total. The summed E-state index contributed by atoms with van der Waals surface area (Å²) in [7, 11) is -3.68. The van der Waals surface area contributed by atoms with Crippen molar-refractivity contribution in [2.75, 3.05) is 6.29 Å². The molecule has 1 atom stereocenters. The topological polar surface area (TPSA) is 84.9 Å². The molecule has 6 nitrogen and oxygen atoms in total. The average molecular weight is 516 g/mol. The fraction of sp³-hybridized carbons (Fsp3) is 0.167. The zero-order valence-corrected chi connectivity index (χ0v) is 21.3. The lowest BCUT2D eigenvalue weighted by Crippen LogP contribution is -2.34. The smallest absolute Gasteiger partial charge is 0.444 e. The van der Waals surface area contributed by atoms with Crippen LogP contribution in [0.3, 0.4) is 0 Å². The van der Waals surface area contributed by atoms with Crippen molar-refractivity contribution >= 4 is 13.6 Å². The first-order chi connectivity index (χ1) is 18.0. The highest BCUT2D eigenvalue weighted by atomic mass is 31.2. The molecule has 7 heteroatoms. The van der Waals surface area contributed by atoms with Crippen LogP contribution in [-0.2, 0) is 15.8 Å². The third kappa shape index (κ3) is 8.35. The summed E-state index contributed by atoms with van der Waals surface area (Å²) in [5, 5.41) is 12.6. The fourth-order valence-electron chi connectivity index (χ4n) is 3.93. The van der Waals surface area contributed by atoms with E-state index in [1.165, 1.54) is 0 Å². The van der Waals surface area contributed by atoms with Crippen LogP contribution in [0.15, 0.2) is 115 Å². The molecule has 37 heavy (non-hydrogen) atoms. The number of benzene rings is 4. The monoisotopic (exact) mass is 515 g/mol. The van der Waals surface area contributed by atoms with E-state index in [-0.39, 0.29) is 18.7 Å². The number of carboxylic acid groups (broad SMARTS) is 1. The maximum Gasteiger partial charge on any atom is 0.444 e. The fourth-order valence-corrected chi connectivity index (χ4v) is 5.46. The van der Waals surface area contributed by atoms with Gasteiger partial charge in [0.2, 0.25) is 0 Å². The van der Waals surface area contributed by atoms with Gasteiger partial charge < -0.3 is 19.5 Å². The number of para-hydroxylation sites is 2. The van der Waals surface area contributed by atoms with E-state index in [9.17, 15) is 14.5 Å². The van der Waals surface area contributed by atoms with Gasteiger partial charge in [0.25, 0.3) is 0 Å². The second-order valence-corrected chi connectivity index (χ2v) is 10.6. The van der Waals surface area contributed by atoms with Crippen molar-refractivity contribution in [1.82, 2.24) is 5.32 Å². The Kier molecular flexibility index (Phi) is 9.14. The molecule has 0 spiro atoms. The van der Waals surface area contributed by atoms with E-state index in [1.807, 2.05) is 42.5 Å². The van der Waals surface area contributed by atoms with Crippen molar-refractivity contribution in [2.24, 2.45) is 0 Å². The van der Waals surface area contributed by atoms with Crippen LogP contribution in [0.1, 0.15) is 18.4 Å². The van der Waals surface area contributed by atoms with Crippen molar-refractivity contribution in [3.63, 3.8) is 0 Å². The van der Waals surface area contributed by atoms with Crippen molar-refractivity contribution < 1.29 is 23.5 Å². The number of hydrogen-bond donors (Lipinski definition) is 2. The predicted octanol–water partition coefficient (Wildman–Crippen LogP) is 7.03. The van der Waals surface area contributed by atoms with Crippen LogP contribution in [0.5, 0.6) is 11.5 Å². The first-order valence-electron chi connectivity index (χ1n) is 12.2. The van der Waals surface area contributed by atoms with Gasteiger partial charge in [-0.25, -0.2) is 4.57 Å². The van der Waals surface area contributed by atoms with Crippen LogP contribution in [0, 0.1) is 0 Å². The minimum Gasteiger partial charge on any atom is -0.481 e. The summed E-state index contributed by atoms with van der Waals surface area (Å²) < 4.78 is 25.5. The molecular weight excluding hydrogens is 485 g/mol. The molecular formula is C30H30NO5P. The van der Waals surface area contributed by atoms with Gasteiger partial charge >= 0.3 is 13.6 Å². The zero-order chi connectivity index (χ0) is 25.9. The molecule has 4 rings (SSSR count). The summed E-state index contributed by atoms with van der Waals surface area (Å²) in [6.45, 7) is 0. The van der Waals surface area contributed by atoms with Crippen LogP contribution in [0.2, 0.25) is 0 Å². The lowest BCUT2D eigenvalue weighted by molar-refractivity contribution is -0.137. The second kappa shape index (κ2) is 12.9.